The summed E-state index contributed by atoms with van der Waals surface area (Å²) in [4.78, 5) is 47.9. The van der Waals surface area contributed by atoms with Crippen molar-refractivity contribution in [2.75, 3.05) is 26.1 Å². The third kappa shape index (κ3) is 5.54. The first-order valence-corrected chi connectivity index (χ1v) is 9.91. The summed E-state index contributed by atoms with van der Waals surface area (Å²) in [6.07, 6.45) is 0. The van der Waals surface area contributed by atoms with Gasteiger partial charge in [0.2, 0.25) is 5.78 Å². The molecule has 0 fully saturated rings. The number of Topliss-reactive ketones (excluding diaryl/α,β-unsaturated/α-hetero) is 1. The summed E-state index contributed by atoms with van der Waals surface area (Å²) in [5.74, 6) is -1.14. The highest BCUT2D eigenvalue weighted by Crippen LogP contribution is 2.28. The number of hydrogen-bond acceptors (Lipinski definition) is 8. The van der Waals surface area contributed by atoms with Gasteiger partial charge in [-0.3, -0.25) is 19.7 Å². The average molecular weight is 464 g/mol. The Bertz CT molecular complexity index is 1260. The number of rotatable bonds is 9. The van der Waals surface area contributed by atoms with E-state index in [0.29, 0.717) is 11.5 Å². The molecule has 10 heteroatoms. The fraction of sp³-hybridized carbons (Fsp3) is 0.125. The van der Waals surface area contributed by atoms with Crippen LogP contribution in [0.25, 0.3) is 0 Å². The fourth-order valence-corrected chi connectivity index (χ4v) is 3.03. The first kappa shape index (κ1) is 23.9. The van der Waals surface area contributed by atoms with E-state index in [0.717, 1.165) is 6.07 Å². The second-order valence-electron chi connectivity index (χ2n) is 6.88. The maximum absolute atomic E-state index is 12.7. The molecule has 0 aliphatic heterocycles. The van der Waals surface area contributed by atoms with E-state index in [2.05, 4.69) is 5.32 Å². The number of hydrogen-bond donors (Lipinski definition) is 1. The molecule has 1 amide bonds. The maximum atomic E-state index is 12.7. The molecule has 1 N–H and O–H groups in total. The number of anilines is 1. The molecular weight excluding hydrogens is 444 g/mol. The first-order chi connectivity index (χ1) is 16.3. The Labute approximate surface area is 194 Å². The van der Waals surface area contributed by atoms with E-state index >= 15 is 0 Å². The highest BCUT2D eigenvalue weighted by Gasteiger charge is 2.19. The van der Waals surface area contributed by atoms with Gasteiger partial charge >= 0.3 is 5.97 Å². The molecule has 0 saturated carbocycles. The largest absolute Gasteiger partial charge is 0.493 e. The molecule has 0 unspecified atom stereocenters. The molecule has 10 nitrogen and oxygen atoms in total. The van der Waals surface area contributed by atoms with Crippen LogP contribution in [0.4, 0.5) is 11.4 Å². The van der Waals surface area contributed by atoms with Crippen LogP contribution < -0.4 is 14.8 Å². The Hall–Kier alpha value is -4.73. The van der Waals surface area contributed by atoms with Gasteiger partial charge in [-0.15, -0.1) is 0 Å². The molecule has 0 aromatic heterocycles. The Morgan fingerprint density at radius 2 is 1.62 bits per heavy atom. The Morgan fingerprint density at radius 1 is 0.882 bits per heavy atom. The molecule has 3 aromatic rings. The van der Waals surface area contributed by atoms with Gasteiger partial charge in [0.15, 0.2) is 18.1 Å². The summed E-state index contributed by atoms with van der Waals surface area (Å²) in [7, 11) is 2.92. The van der Waals surface area contributed by atoms with Crippen molar-refractivity contribution < 1.29 is 33.5 Å². The maximum Gasteiger partial charge on any atom is 0.340 e. The number of nitro benzene ring substituents is 1. The molecule has 0 heterocycles. The van der Waals surface area contributed by atoms with Crippen LogP contribution in [0.2, 0.25) is 0 Å². The van der Waals surface area contributed by atoms with Crippen LogP contribution in [0.1, 0.15) is 31.1 Å². The minimum absolute atomic E-state index is 0.0307. The lowest BCUT2D eigenvalue weighted by Crippen LogP contribution is -2.18. The number of amides is 1. The number of ketones is 1. The van der Waals surface area contributed by atoms with Gasteiger partial charge in [0.05, 0.1) is 30.4 Å². The minimum atomic E-state index is -0.845. The second kappa shape index (κ2) is 10.7. The predicted molar refractivity (Wildman–Crippen MR) is 122 cm³/mol. The van der Waals surface area contributed by atoms with Gasteiger partial charge in [-0.05, 0) is 30.3 Å². The number of esters is 1. The molecule has 0 bridgehead atoms. The Balaban J connectivity index is 1.71. The summed E-state index contributed by atoms with van der Waals surface area (Å²) in [5, 5.41) is 13.5. The number of carbonyl (C=O) groups is 3. The van der Waals surface area contributed by atoms with Crippen LogP contribution in [0.5, 0.6) is 11.5 Å². The number of nitrogens with one attached hydrogen (secondary N) is 1. The molecule has 34 heavy (non-hydrogen) atoms. The SMILES string of the molecule is COc1ccc(C(=O)Nc2ccccc2C(=O)OCC(=O)c2cccc([N+](=O)[O-])c2)cc1OC. The molecule has 3 rings (SSSR count). The van der Waals surface area contributed by atoms with E-state index in [1.165, 1.54) is 56.7 Å². The van der Waals surface area contributed by atoms with Crippen molar-refractivity contribution in [1.29, 1.82) is 0 Å². The van der Waals surface area contributed by atoms with Gasteiger partial charge in [0.25, 0.3) is 11.6 Å². The monoisotopic (exact) mass is 464 g/mol. The summed E-state index contributed by atoms with van der Waals surface area (Å²) in [5.41, 5.74) is 0.261. The van der Waals surface area contributed by atoms with Crippen molar-refractivity contribution in [3.05, 3.63) is 93.5 Å². The van der Waals surface area contributed by atoms with Crippen LogP contribution >= 0.6 is 0 Å². The number of methoxy groups -OCH3 is 2. The van der Waals surface area contributed by atoms with E-state index in [1.54, 1.807) is 18.2 Å². The van der Waals surface area contributed by atoms with Crippen LogP contribution in [-0.4, -0.2) is 43.4 Å². The highest BCUT2D eigenvalue weighted by atomic mass is 16.6. The van der Waals surface area contributed by atoms with E-state index < -0.39 is 29.2 Å². The lowest BCUT2D eigenvalue weighted by atomic mass is 10.1. The van der Waals surface area contributed by atoms with Gasteiger partial charge < -0.3 is 19.5 Å². The number of carbonyl (C=O) groups excluding carboxylic acids is 3. The lowest BCUT2D eigenvalue weighted by Gasteiger charge is -2.12. The standard InChI is InChI=1S/C24H20N2O8/c1-32-21-11-10-16(13-22(21)33-2)23(28)25-19-9-4-3-8-18(19)24(29)34-14-20(27)15-6-5-7-17(12-15)26(30)31/h3-13H,14H2,1-2H3,(H,25,28). The molecular formula is C24H20N2O8. The van der Waals surface area contributed by atoms with Crippen molar-refractivity contribution >= 4 is 29.0 Å². The molecule has 0 saturated heterocycles. The summed E-state index contributed by atoms with van der Waals surface area (Å²) in [6, 6.07) is 15.9. The zero-order valence-corrected chi connectivity index (χ0v) is 18.3. The predicted octanol–water partition coefficient (Wildman–Crippen LogP) is 3.90. The van der Waals surface area contributed by atoms with Gasteiger partial charge in [-0.1, -0.05) is 24.3 Å². The molecule has 0 atom stereocenters. The van der Waals surface area contributed by atoms with Gasteiger partial charge in [0.1, 0.15) is 0 Å². The van der Waals surface area contributed by atoms with Gasteiger partial charge in [-0.25, -0.2) is 4.79 Å². The third-order valence-electron chi connectivity index (χ3n) is 4.75. The van der Waals surface area contributed by atoms with E-state index in [4.69, 9.17) is 14.2 Å². The molecule has 0 aliphatic carbocycles. The number of nitrogens with zero attached hydrogens (tertiary/aromatic N) is 1. The summed E-state index contributed by atoms with van der Waals surface area (Å²) < 4.78 is 15.5. The van der Waals surface area contributed by atoms with Crippen molar-refractivity contribution in [3.63, 3.8) is 0 Å². The van der Waals surface area contributed by atoms with Crippen LogP contribution in [0.15, 0.2) is 66.7 Å². The molecule has 0 spiro atoms. The van der Waals surface area contributed by atoms with Crippen molar-refractivity contribution in [2.45, 2.75) is 0 Å². The van der Waals surface area contributed by atoms with Gasteiger partial charge in [-0.2, -0.15) is 0 Å². The number of ether oxygens (including phenoxy) is 3. The topological polar surface area (TPSA) is 134 Å². The van der Waals surface area contributed by atoms with Crippen LogP contribution in [0, 0.1) is 10.1 Å². The number of nitro groups is 1. The smallest absolute Gasteiger partial charge is 0.340 e. The van der Waals surface area contributed by atoms with Crippen LogP contribution in [0.3, 0.4) is 0 Å². The van der Waals surface area contributed by atoms with Crippen molar-refractivity contribution in [2.24, 2.45) is 0 Å². The van der Waals surface area contributed by atoms with Crippen LogP contribution in [-0.2, 0) is 4.74 Å². The Kier molecular flexibility index (Phi) is 7.55. The fourth-order valence-electron chi connectivity index (χ4n) is 3.03. The molecule has 3 aromatic carbocycles. The number of non-ortho nitro benzene ring substituents is 1. The Morgan fingerprint density at radius 3 is 2.32 bits per heavy atom. The normalized spacial score (nSPS) is 10.2. The number of benzene rings is 3. The summed E-state index contributed by atoms with van der Waals surface area (Å²) in [6.45, 7) is -0.627. The zero-order valence-electron chi connectivity index (χ0n) is 18.3. The minimum Gasteiger partial charge on any atom is -0.493 e. The zero-order chi connectivity index (χ0) is 24.7. The summed E-state index contributed by atoms with van der Waals surface area (Å²) >= 11 is 0. The lowest BCUT2D eigenvalue weighted by molar-refractivity contribution is -0.384. The molecule has 0 aliphatic rings. The molecule has 174 valence electrons. The quantitative estimate of drug-likeness (QED) is 0.218. The van der Waals surface area contributed by atoms with Crippen molar-refractivity contribution in [3.8, 4) is 11.5 Å². The van der Waals surface area contributed by atoms with Gasteiger partial charge in [0, 0.05) is 23.3 Å². The highest BCUT2D eigenvalue weighted by molar-refractivity contribution is 6.08. The van der Waals surface area contributed by atoms with E-state index in [9.17, 15) is 24.5 Å². The second-order valence-corrected chi connectivity index (χ2v) is 6.88. The number of para-hydroxylation sites is 1. The van der Waals surface area contributed by atoms with E-state index in [-0.39, 0.29) is 28.1 Å². The van der Waals surface area contributed by atoms with E-state index in [1.807, 2.05) is 0 Å². The molecule has 0 radical (unpaired) electrons. The average Bonchev–Trinajstić information content (AvgIpc) is 2.86. The first-order valence-electron chi connectivity index (χ1n) is 9.91. The van der Waals surface area contributed by atoms with Crippen molar-refractivity contribution in [1.82, 2.24) is 0 Å². The third-order valence-corrected chi connectivity index (χ3v) is 4.75.